The van der Waals surface area contributed by atoms with Gasteiger partial charge in [0.1, 0.15) is 0 Å². The van der Waals surface area contributed by atoms with E-state index in [-0.39, 0.29) is 16.7 Å². The predicted molar refractivity (Wildman–Crippen MR) is 64.5 cm³/mol. The van der Waals surface area contributed by atoms with Crippen LogP contribution in [0.3, 0.4) is 0 Å². The van der Waals surface area contributed by atoms with Gasteiger partial charge in [-0.15, -0.1) is 0 Å². The minimum Gasteiger partial charge on any atom is -0.504 e. The molecule has 1 fully saturated rings. The van der Waals surface area contributed by atoms with Crippen LogP contribution in [0.15, 0.2) is 6.07 Å². The summed E-state index contributed by atoms with van der Waals surface area (Å²) in [4.78, 5) is 0. The van der Waals surface area contributed by atoms with Crippen LogP contribution in [0.2, 0.25) is 5.02 Å². The zero-order chi connectivity index (χ0) is 12.4. The molecule has 3 nitrogen and oxygen atoms in total. The zero-order valence-electron chi connectivity index (χ0n) is 9.59. The maximum Gasteiger partial charge on any atom is 0.208 e. The molecule has 1 saturated heterocycles. The molecule has 2 rings (SSSR count). The lowest BCUT2D eigenvalue weighted by atomic mass is 9.89. The van der Waals surface area contributed by atoms with Crippen LogP contribution in [0.5, 0.6) is 11.5 Å². The number of ether oxygens (including phenoxy) is 1. The monoisotopic (exact) mass is 259 g/mol. The van der Waals surface area contributed by atoms with E-state index in [9.17, 15) is 9.50 Å². The quantitative estimate of drug-likeness (QED) is 0.858. The van der Waals surface area contributed by atoms with Crippen LogP contribution in [0, 0.1) is 5.82 Å². The van der Waals surface area contributed by atoms with E-state index in [1.54, 1.807) is 6.07 Å². The fraction of sp³-hybridized carbons (Fsp3) is 0.500. The van der Waals surface area contributed by atoms with E-state index >= 15 is 0 Å². The highest BCUT2D eigenvalue weighted by molar-refractivity contribution is 6.32. The van der Waals surface area contributed by atoms with Gasteiger partial charge >= 0.3 is 0 Å². The summed E-state index contributed by atoms with van der Waals surface area (Å²) in [6.07, 6.45) is 1.83. The van der Waals surface area contributed by atoms with Crippen molar-refractivity contribution < 1.29 is 14.2 Å². The van der Waals surface area contributed by atoms with E-state index in [1.807, 2.05) is 0 Å². The number of phenols is 1. The molecule has 0 saturated carbocycles. The van der Waals surface area contributed by atoms with Crippen molar-refractivity contribution >= 4 is 11.6 Å². The van der Waals surface area contributed by atoms with Gasteiger partial charge in [-0.3, -0.25) is 0 Å². The summed E-state index contributed by atoms with van der Waals surface area (Å²) >= 11 is 5.81. The molecule has 1 heterocycles. The van der Waals surface area contributed by atoms with Crippen LogP contribution < -0.4 is 10.1 Å². The van der Waals surface area contributed by atoms with Gasteiger partial charge in [-0.2, -0.15) is 4.39 Å². The minimum atomic E-state index is -0.770. The van der Waals surface area contributed by atoms with Gasteiger partial charge < -0.3 is 15.2 Å². The summed E-state index contributed by atoms with van der Waals surface area (Å²) in [5.74, 6) is -0.979. The first-order chi connectivity index (χ1) is 8.15. The van der Waals surface area contributed by atoms with Crippen LogP contribution in [0.1, 0.15) is 24.3 Å². The highest BCUT2D eigenvalue weighted by atomic mass is 35.5. The third-order valence-corrected chi connectivity index (χ3v) is 3.45. The summed E-state index contributed by atoms with van der Waals surface area (Å²) in [7, 11) is 1.40. The SMILES string of the molecule is COc1c(C2CCNCC2)cc(Cl)c(O)c1F. The number of halogens is 2. The van der Waals surface area contributed by atoms with Crippen molar-refractivity contribution in [2.24, 2.45) is 0 Å². The Morgan fingerprint density at radius 2 is 2.12 bits per heavy atom. The second kappa shape index (κ2) is 5.10. The number of hydrogen-bond acceptors (Lipinski definition) is 3. The van der Waals surface area contributed by atoms with Crippen molar-refractivity contribution in [3.8, 4) is 11.5 Å². The van der Waals surface area contributed by atoms with E-state index in [2.05, 4.69) is 5.32 Å². The number of nitrogens with one attached hydrogen (secondary N) is 1. The standard InChI is InChI=1S/C12H15ClFNO2/c1-17-12-8(7-2-4-15-5-3-7)6-9(13)11(16)10(12)14/h6-7,15-16H,2-5H2,1H3. The molecule has 1 aliphatic rings. The first-order valence-corrected chi connectivity index (χ1v) is 5.98. The number of hydrogen-bond donors (Lipinski definition) is 2. The third-order valence-electron chi connectivity index (χ3n) is 3.16. The number of methoxy groups -OCH3 is 1. The molecule has 0 bridgehead atoms. The molecule has 0 spiro atoms. The van der Waals surface area contributed by atoms with Gasteiger partial charge in [-0.25, -0.2) is 0 Å². The molecule has 1 aliphatic heterocycles. The van der Waals surface area contributed by atoms with Gasteiger partial charge in [0, 0.05) is 5.56 Å². The Kier molecular flexibility index (Phi) is 3.74. The molecule has 0 radical (unpaired) electrons. The lowest BCUT2D eigenvalue weighted by molar-refractivity contribution is 0.350. The third kappa shape index (κ3) is 2.33. The van der Waals surface area contributed by atoms with E-state index < -0.39 is 11.6 Å². The molecule has 0 amide bonds. The molecule has 5 heteroatoms. The number of rotatable bonds is 2. The number of benzene rings is 1. The molecular formula is C12H15ClFNO2. The Balaban J connectivity index is 2.44. The highest BCUT2D eigenvalue weighted by Gasteiger charge is 2.24. The van der Waals surface area contributed by atoms with Crippen molar-refractivity contribution in [2.45, 2.75) is 18.8 Å². The minimum absolute atomic E-state index is 0.0387. The van der Waals surface area contributed by atoms with Crippen molar-refractivity contribution in [1.29, 1.82) is 0 Å². The molecular weight excluding hydrogens is 245 g/mol. The molecule has 1 aromatic carbocycles. The Labute approximate surface area is 105 Å². The molecule has 0 aliphatic carbocycles. The fourth-order valence-corrected chi connectivity index (χ4v) is 2.45. The summed E-state index contributed by atoms with van der Waals surface area (Å²) < 4.78 is 18.9. The second-order valence-electron chi connectivity index (χ2n) is 4.17. The van der Waals surface area contributed by atoms with Crippen molar-refractivity contribution in [2.75, 3.05) is 20.2 Å². The summed E-state index contributed by atoms with van der Waals surface area (Å²) in [5, 5.41) is 12.7. The molecule has 94 valence electrons. The van der Waals surface area contributed by atoms with Gasteiger partial charge in [-0.1, -0.05) is 11.6 Å². The normalized spacial score (nSPS) is 17.1. The van der Waals surface area contributed by atoms with E-state index in [0.717, 1.165) is 31.5 Å². The van der Waals surface area contributed by atoms with E-state index in [0.29, 0.717) is 0 Å². The number of aromatic hydroxyl groups is 1. The average molecular weight is 260 g/mol. The molecule has 17 heavy (non-hydrogen) atoms. The first kappa shape index (κ1) is 12.5. The first-order valence-electron chi connectivity index (χ1n) is 5.60. The van der Waals surface area contributed by atoms with Gasteiger partial charge in [-0.05, 0) is 37.9 Å². The van der Waals surface area contributed by atoms with Crippen LogP contribution >= 0.6 is 11.6 Å². The second-order valence-corrected chi connectivity index (χ2v) is 4.57. The maximum absolute atomic E-state index is 13.8. The average Bonchev–Trinajstić information content (AvgIpc) is 2.36. The van der Waals surface area contributed by atoms with E-state index in [4.69, 9.17) is 16.3 Å². The molecule has 0 aromatic heterocycles. The lowest BCUT2D eigenvalue weighted by Crippen LogP contribution is -2.27. The Morgan fingerprint density at radius 3 is 2.71 bits per heavy atom. The summed E-state index contributed by atoms with van der Waals surface area (Å²) in [6, 6.07) is 1.61. The summed E-state index contributed by atoms with van der Waals surface area (Å²) in [6.45, 7) is 1.79. The molecule has 0 unspecified atom stereocenters. The molecule has 0 atom stereocenters. The maximum atomic E-state index is 13.8. The van der Waals surface area contributed by atoms with Crippen LogP contribution in [0.25, 0.3) is 0 Å². The fourth-order valence-electron chi connectivity index (χ4n) is 2.25. The predicted octanol–water partition coefficient (Wildman–Crippen LogP) is 2.66. The van der Waals surface area contributed by atoms with Gasteiger partial charge in [0.05, 0.1) is 12.1 Å². The Bertz CT molecular complexity index is 419. The topological polar surface area (TPSA) is 41.5 Å². The van der Waals surface area contributed by atoms with Crippen LogP contribution in [0.4, 0.5) is 4.39 Å². The lowest BCUT2D eigenvalue weighted by Gasteiger charge is -2.25. The molecule has 1 aromatic rings. The van der Waals surface area contributed by atoms with Gasteiger partial charge in [0.2, 0.25) is 5.82 Å². The zero-order valence-corrected chi connectivity index (χ0v) is 10.4. The van der Waals surface area contributed by atoms with Crippen molar-refractivity contribution in [3.05, 3.63) is 22.5 Å². The van der Waals surface area contributed by atoms with Crippen molar-refractivity contribution in [3.63, 3.8) is 0 Å². The van der Waals surface area contributed by atoms with Crippen LogP contribution in [-0.4, -0.2) is 25.3 Å². The Hall–Kier alpha value is -1.00. The van der Waals surface area contributed by atoms with Gasteiger partial charge in [0.15, 0.2) is 11.5 Å². The smallest absolute Gasteiger partial charge is 0.208 e. The van der Waals surface area contributed by atoms with E-state index in [1.165, 1.54) is 7.11 Å². The summed E-state index contributed by atoms with van der Waals surface area (Å²) in [5.41, 5.74) is 0.745. The van der Waals surface area contributed by atoms with Crippen molar-refractivity contribution in [1.82, 2.24) is 5.32 Å². The van der Waals surface area contributed by atoms with Gasteiger partial charge in [0.25, 0.3) is 0 Å². The number of piperidine rings is 1. The molecule has 2 N–H and O–H groups in total. The van der Waals surface area contributed by atoms with Crippen LogP contribution in [-0.2, 0) is 0 Å². The largest absolute Gasteiger partial charge is 0.504 e. The highest BCUT2D eigenvalue weighted by Crippen LogP contribution is 2.41. The number of phenolic OH excluding ortho intramolecular Hbond substituents is 1. The Morgan fingerprint density at radius 1 is 1.47 bits per heavy atom.